The van der Waals surface area contributed by atoms with Gasteiger partial charge in [-0.05, 0) is 61.1 Å². The van der Waals surface area contributed by atoms with Crippen LogP contribution in [0.5, 0.6) is 0 Å². The quantitative estimate of drug-likeness (QED) is 0.437. The lowest BCUT2D eigenvalue weighted by molar-refractivity contribution is -0.115. The summed E-state index contributed by atoms with van der Waals surface area (Å²) in [5.74, 6) is 0.975. The van der Waals surface area contributed by atoms with E-state index >= 15 is 0 Å². The molecule has 1 N–H and O–H groups in total. The summed E-state index contributed by atoms with van der Waals surface area (Å²) in [5, 5.41) is 2.82. The van der Waals surface area contributed by atoms with Crippen molar-refractivity contribution in [2.45, 2.75) is 25.2 Å². The van der Waals surface area contributed by atoms with Crippen molar-refractivity contribution in [1.29, 1.82) is 0 Å². The Balaban J connectivity index is 0.000000307. The highest BCUT2D eigenvalue weighted by Crippen LogP contribution is 2.10. The Labute approximate surface area is 169 Å². The number of amides is 1. The lowest BCUT2D eigenvalue weighted by Crippen LogP contribution is -2.16. The van der Waals surface area contributed by atoms with E-state index < -0.39 is 10.1 Å². The summed E-state index contributed by atoms with van der Waals surface area (Å²) in [5.41, 5.74) is 2.33. The number of hydrogen-bond donors (Lipinski definition) is 1. The first-order chi connectivity index (χ1) is 13.0. The van der Waals surface area contributed by atoms with Crippen molar-refractivity contribution in [2.75, 3.05) is 23.6 Å². The van der Waals surface area contributed by atoms with Crippen molar-refractivity contribution in [3.63, 3.8) is 0 Å². The second kappa shape index (κ2) is 11.0. The molecule has 0 aliphatic heterocycles. The van der Waals surface area contributed by atoms with Crippen LogP contribution in [0.1, 0.15) is 29.3 Å². The lowest BCUT2D eigenvalue weighted by Gasteiger charge is -2.05. The predicted molar refractivity (Wildman–Crippen MR) is 113 cm³/mol. The van der Waals surface area contributed by atoms with Crippen molar-refractivity contribution in [3.05, 3.63) is 59.7 Å². The Hall–Kier alpha value is -2.16. The summed E-state index contributed by atoms with van der Waals surface area (Å²) in [7, 11) is -3.98. The molecular weight excluding hydrogens is 398 g/mol. The zero-order chi connectivity index (χ0) is 21.3. The zero-order valence-corrected chi connectivity index (χ0v) is 18.0. The molecule has 2 aromatic rings. The predicted octanol–water partition coefficient (Wildman–Crippen LogP) is 2.99. The molecule has 0 saturated carbocycles. The highest BCUT2D eigenvalue weighted by Gasteiger charge is 2.08. The van der Waals surface area contributed by atoms with E-state index in [1.807, 2.05) is 6.92 Å². The first-order valence-electron chi connectivity index (χ1n) is 8.46. The molecular formula is C20H25NO5S2. The van der Waals surface area contributed by atoms with Gasteiger partial charge in [0.1, 0.15) is 15.9 Å². The summed E-state index contributed by atoms with van der Waals surface area (Å²) < 4.78 is 31.2. The molecule has 0 aliphatic carbocycles. The smallest absolute Gasteiger partial charge is 0.229 e. The molecule has 8 heteroatoms. The van der Waals surface area contributed by atoms with Crippen LogP contribution in [0.15, 0.2) is 53.4 Å². The molecule has 152 valence electrons. The maximum Gasteiger partial charge on any atom is 0.229 e. The molecule has 6 nitrogen and oxygen atoms in total. The average Bonchev–Trinajstić information content (AvgIpc) is 2.60. The molecule has 0 atom stereocenters. The van der Waals surface area contributed by atoms with Crippen LogP contribution in [0.4, 0.5) is 5.69 Å². The van der Waals surface area contributed by atoms with Crippen LogP contribution >= 0.6 is 0 Å². The van der Waals surface area contributed by atoms with Crippen molar-refractivity contribution in [1.82, 2.24) is 0 Å². The van der Waals surface area contributed by atoms with Gasteiger partial charge >= 0.3 is 0 Å². The summed E-state index contributed by atoms with van der Waals surface area (Å²) in [6, 6.07) is 12.7. The Morgan fingerprint density at radius 1 is 1.00 bits per heavy atom. The van der Waals surface area contributed by atoms with Crippen LogP contribution in [-0.2, 0) is 25.8 Å². The Morgan fingerprint density at radius 3 is 1.96 bits per heavy atom. The zero-order valence-electron chi connectivity index (χ0n) is 16.4. The van der Waals surface area contributed by atoms with Gasteiger partial charge in [-0.3, -0.25) is 9.59 Å². The minimum absolute atomic E-state index is 0.0294. The SMILES string of the molecule is CC(=O)c1ccc(NC(=O)CC[S+](C)C)cc1.Cc1ccc(S(=O)(=O)[O-])cc1. The van der Waals surface area contributed by atoms with Crippen LogP contribution in [0.3, 0.4) is 0 Å². The lowest BCUT2D eigenvalue weighted by atomic mass is 10.1. The molecule has 0 aromatic heterocycles. The number of ketones is 1. The first-order valence-corrected chi connectivity index (χ1v) is 12.1. The van der Waals surface area contributed by atoms with Crippen molar-refractivity contribution >= 4 is 38.4 Å². The molecule has 0 fully saturated rings. The molecule has 28 heavy (non-hydrogen) atoms. The first kappa shape index (κ1) is 23.9. The molecule has 0 unspecified atom stereocenters. The maximum absolute atomic E-state index is 11.6. The largest absolute Gasteiger partial charge is 0.744 e. The van der Waals surface area contributed by atoms with Crippen molar-refractivity contribution in [3.8, 4) is 0 Å². The second-order valence-electron chi connectivity index (χ2n) is 6.39. The molecule has 1 amide bonds. The third-order valence-electron chi connectivity index (χ3n) is 3.62. The highest BCUT2D eigenvalue weighted by molar-refractivity contribution is 7.95. The fraction of sp³-hybridized carbons (Fsp3) is 0.300. The van der Waals surface area contributed by atoms with E-state index in [9.17, 15) is 22.6 Å². The number of aryl methyl sites for hydroxylation is 1. The number of anilines is 1. The molecule has 0 saturated heterocycles. The van der Waals surface area contributed by atoms with Gasteiger partial charge in [0.25, 0.3) is 0 Å². The van der Waals surface area contributed by atoms with Gasteiger partial charge in [-0.25, -0.2) is 8.42 Å². The van der Waals surface area contributed by atoms with E-state index in [4.69, 9.17) is 0 Å². The van der Waals surface area contributed by atoms with Crippen LogP contribution in [0, 0.1) is 6.92 Å². The third kappa shape index (κ3) is 9.16. The number of rotatable bonds is 6. The molecule has 0 spiro atoms. The Kier molecular flexibility index (Phi) is 9.37. The van der Waals surface area contributed by atoms with Crippen LogP contribution in [0.2, 0.25) is 0 Å². The van der Waals surface area contributed by atoms with Gasteiger partial charge in [0.2, 0.25) is 5.91 Å². The van der Waals surface area contributed by atoms with E-state index in [0.29, 0.717) is 22.9 Å². The minimum Gasteiger partial charge on any atom is -0.744 e. The summed E-state index contributed by atoms with van der Waals surface area (Å²) >= 11 is 0. The molecule has 2 rings (SSSR count). The number of carbonyl (C=O) groups excluding carboxylic acids is 2. The number of Topliss-reactive ketones (excluding diaryl/α,β-unsaturated/α-hetero) is 1. The summed E-state index contributed by atoms with van der Waals surface area (Å²) in [6.07, 6.45) is 4.79. The maximum atomic E-state index is 11.6. The van der Waals surface area contributed by atoms with Crippen LogP contribution < -0.4 is 5.32 Å². The molecule has 0 heterocycles. The van der Waals surface area contributed by atoms with Gasteiger partial charge in [0.05, 0.1) is 23.8 Å². The van der Waals surface area contributed by atoms with Crippen LogP contribution in [0.25, 0.3) is 0 Å². The highest BCUT2D eigenvalue weighted by atomic mass is 32.2. The number of carbonyl (C=O) groups is 2. The Bertz CT molecular complexity index is 889. The van der Waals surface area contributed by atoms with Crippen molar-refractivity contribution < 1.29 is 22.6 Å². The monoisotopic (exact) mass is 423 g/mol. The van der Waals surface area contributed by atoms with Crippen LogP contribution in [-0.4, -0.2) is 42.9 Å². The topological polar surface area (TPSA) is 103 Å². The van der Waals surface area contributed by atoms with E-state index in [2.05, 4.69) is 17.8 Å². The van der Waals surface area contributed by atoms with Gasteiger partial charge in [-0.2, -0.15) is 0 Å². The molecule has 0 radical (unpaired) electrons. The van der Waals surface area contributed by atoms with Gasteiger partial charge < -0.3 is 9.87 Å². The normalized spacial score (nSPS) is 10.8. The van der Waals surface area contributed by atoms with Crippen molar-refractivity contribution in [2.24, 2.45) is 0 Å². The average molecular weight is 424 g/mol. The van der Waals surface area contributed by atoms with E-state index in [-0.39, 0.29) is 16.6 Å². The Morgan fingerprint density at radius 2 is 1.54 bits per heavy atom. The number of nitrogens with one attached hydrogen (secondary N) is 1. The summed E-state index contributed by atoms with van der Waals surface area (Å²) in [4.78, 5) is 22.5. The van der Waals surface area contributed by atoms with E-state index in [1.165, 1.54) is 19.1 Å². The van der Waals surface area contributed by atoms with Gasteiger partial charge in [-0.1, -0.05) is 17.7 Å². The fourth-order valence-corrected chi connectivity index (χ4v) is 3.08. The molecule has 0 bridgehead atoms. The van der Waals surface area contributed by atoms with E-state index in [0.717, 1.165) is 17.0 Å². The fourth-order valence-electron chi connectivity index (χ4n) is 2.01. The third-order valence-corrected chi connectivity index (χ3v) is 5.49. The van der Waals surface area contributed by atoms with E-state index in [1.54, 1.807) is 36.4 Å². The molecule has 0 aliphatic rings. The standard InChI is InChI=1S/C13H17NO2S.C7H8O3S/c1-10(15)11-4-6-12(7-5-11)14-13(16)8-9-17(2)3;1-6-2-4-7(5-3-6)11(8,9)10/h4-7H,8-9H2,1-3H3;2-5H,1H3,(H,8,9,10). The molecule has 2 aromatic carbocycles. The number of benzene rings is 2. The minimum atomic E-state index is -4.27. The van der Waals surface area contributed by atoms with Gasteiger partial charge in [-0.15, -0.1) is 0 Å². The summed E-state index contributed by atoms with van der Waals surface area (Å²) in [6.45, 7) is 3.35. The van der Waals surface area contributed by atoms with Gasteiger partial charge in [0.15, 0.2) is 5.78 Å². The van der Waals surface area contributed by atoms with Gasteiger partial charge in [0, 0.05) is 11.3 Å². The number of hydrogen-bond acceptors (Lipinski definition) is 5. The second-order valence-corrected chi connectivity index (χ2v) is 10.1.